The van der Waals surface area contributed by atoms with E-state index in [2.05, 4.69) is 202 Å². The molecule has 0 spiro atoms. The quantitative estimate of drug-likeness (QED) is 0.169. The van der Waals surface area contributed by atoms with Gasteiger partial charge in [-0.05, 0) is 130 Å². The Morgan fingerprint density at radius 3 is 1.23 bits per heavy atom. The molecule has 252 valence electrons. The largest absolute Gasteiger partial charge is 0.311 e. The second-order valence-corrected chi connectivity index (χ2v) is 14.7. The molecule has 0 saturated heterocycles. The zero-order chi connectivity index (χ0) is 35.7. The van der Waals surface area contributed by atoms with E-state index < -0.39 is 0 Å². The van der Waals surface area contributed by atoms with E-state index in [1.54, 1.807) is 0 Å². The van der Waals surface area contributed by atoms with Gasteiger partial charge in [0.05, 0.1) is 5.69 Å². The van der Waals surface area contributed by atoms with Gasteiger partial charge in [-0.2, -0.15) is 0 Å². The molecule has 7 aromatic rings. The van der Waals surface area contributed by atoms with Crippen molar-refractivity contribution >= 4 is 74.3 Å². The molecule has 0 aromatic heterocycles. The van der Waals surface area contributed by atoms with Crippen LogP contribution < -0.4 is 31.1 Å². The predicted molar refractivity (Wildman–Crippen MR) is 224 cm³/mol. The summed E-state index contributed by atoms with van der Waals surface area (Å²) >= 11 is 0. The fourth-order valence-electron chi connectivity index (χ4n) is 8.34. The summed E-state index contributed by atoms with van der Waals surface area (Å²) in [6, 6.07) is 54.5. The van der Waals surface area contributed by atoms with Crippen LogP contribution >= 0.6 is 0 Å². The number of hydrogen-bond acceptors (Lipinski definition) is 3. The molecule has 0 radical (unpaired) electrons. The molecular weight excluding hydrogens is 629 g/mol. The summed E-state index contributed by atoms with van der Waals surface area (Å²) in [5.41, 5.74) is 22.1. The summed E-state index contributed by atoms with van der Waals surface area (Å²) in [5, 5.41) is 0. The van der Waals surface area contributed by atoms with Crippen molar-refractivity contribution in [2.45, 2.75) is 41.5 Å². The second kappa shape index (κ2) is 12.3. The first-order chi connectivity index (χ1) is 25.3. The number of rotatable bonds is 5. The van der Waals surface area contributed by atoms with Crippen LogP contribution in [0.2, 0.25) is 0 Å². The number of hydrogen-bond donors (Lipinski definition) is 0. The smallest absolute Gasteiger partial charge is 0.252 e. The Morgan fingerprint density at radius 2 is 0.808 bits per heavy atom. The summed E-state index contributed by atoms with van der Waals surface area (Å²) in [7, 11) is 0. The highest BCUT2D eigenvalue weighted by molar-refractivity contribution is 7.00. The molecule has 52 heavy (non-hydrogen) atoms. The van der Waals surface area contributed by atoms with Gasteiger partial charge in [0.1, 0.15) is 0 Å². The lowest BCUT2D eigenvalue weighted by molar-refractivity contribution is 1.20. The van der Waals surface area contributed by atoms with Crippen LogP contribution in [0, 0.1) is 41.5 Å². The highest BCUT2D eigenvalue weighted by Crippen LogP contribution is 2.48. The third kappa shape index (κ3) is 5.13. The van der Waals surface area contributed by atoms with Crippen molar-refractivity contribution in [3.63, 3.8) is 0 Å². The van der Waals surface area contributed by atoms with E-state index in [1.807, 2.05) is 0 Å². The zero-order valence-corrected chi connectivity index (χ0v) is 30.8. The minimum Gasteiger partial charge on any atom is -0.311 e. The van der Waals surface area contributed by atoms with Crippen molar-refractivity contribution < 1.29 is 0 Å². The third-order valence-electron chi connectivity index (χ3n) is 10.9. The van der Waals surface area contributed by atoms with Crippen molar-refractivity contribution in [2.24, 2.45) is 0 Å². The summed E-state index contributed by atoms with van der Waals surface area (Å²) in [6.07, 6.45) is 0. The number of para-hydroxylation sites is 2. The van der Waals surface area contributed by atoms with Crippen molar-refractivity contribution in [2.75, 3.05) is 14.7 Å². The van der Waals surface area contributed by atoms with E-state index in [1.165, 1.54) is 83.9 Å². The van der Waals surface area contributed by atoms with Crippen LogP contribution in [0.1, 0.15) is 33.4 Å². The van der Waals surface area contributed by atoms with Gasteiger partial charge in [-0.1, -0.05) is 107 Å². The molecule has 2 aliphatic heterocycles. The Morgan fingerprint density at radius 1 is 0.404 bits per heavy atom. The number of fused-ring (bicyclic) bond motifs is 4. The Kier molecular flexibility index (Phi) is 7.59. The molecule has 9 rings (SSSR count). The summed E-state index contributed by atoms with van der Waals surface area (Å²) in [4.78, 5) is 7.48. The lowest BCUT2D eigenvalue weighted by Gasteiger charge is -2.45. The van der Waals surface area contributed by atoms with Crippen LogP contribution in [0.5, 0.6) is 0 Å². The lowest BCUT2D eigenvalue weighted by atomic mass is 9.33. The van der Waals surface area contributed by atoms with Crippen molar-refractivity contribution in [1.82, 2.24) is 0 Å². The van der Waals surface area contributed by atoms with Crippen LogP contribution in [-0.2, 0) is 0 Å². The molecule has 2 aliphatic rings. The molecule has 0 unspecified atom stereocenters. The van der Waals surface area contributed by atoms with E-state index in [0.29, 0.717) is 0 Å². The molecule has 0 bridgehead atoms. The van der Waals surface area contributed by atoms with Gasteiger partial charge in [-0.3, -0.25) is 0 Å². The SMILES string of the molecule is Cc1ccc(N2c3ccc(C)cc3B3c4cc(C)ccc4N(c4ccc(C)cc4)c4cc(N(c5ccccc5C)c5ccccc5C)cc2c43)cc1. The number of benzene rings is 7. The van der Waals surface area contributed by atoms with Crippen LogP contribution in [0.3, 0.4) is 0 Å². The van der Waals surface area contributed by atoms with E-state index in [4.69, 9.17) is 0 Å². The molecule has 0 N–H and O–H groups in total. The summed E-state index contributed by atoms with van der Waals surface area (Å²) < 4.78 is 0. The Bertz CT molecular complexity index is 2330. The van der Waals surface area contributed by atoms with Gasteiger partial charge >= 0.3 is 0 Å². The van der Waals surface area contributed by atoms with Crippen LogP contribution in [0.4, 0.5) is 51.2 Å². The topological polar surface area (TPSA) is 9.72 Å². The minimum atomic E-state index is 0.0672. The molecule has 7 aromatic carbocycles. The molecular formula is C48H42BN3. The Labute approximate surface area is 308 Å². The molecule has 3 nitrogen and oxygen atoms in total. The fraction of sp³-hybridized carbons (Fsp3) is 0.125. The predicted octanol–water partition coefficient (Wildman–Crippen LogP) is 11.1. The maximum absolute atomic E-state index is 2.51. The molecule has 0 atom stereocenters. The van der Waals surface area contributed by atoms with Crippen LogP contribution in [-0.4, -0.2) is 6.71 Å². The van der Waals surface area contributed by atoms with Gasteiger partial charge in [-0.15, -0.1) is 0 Å². The lowest BCUT2D eigenvalue weighted by Crippen LogP contribution is -2.61. The van der Waals surface area contributed by atoms with Crippen molar-refractivity contribution in [1.29, 1.82) is 0 Å². The average Bonchev–Trinajstić information content (AvgIpc) is 3.14. The van der Waals surface area contributed by atoms with Gasteiger partial charge in [-0.25, -0.2) is 0 Å². The molecule has 0 amide bonds. The molecule has 2 heterocycles. The normalized spacial score (nSPS) is 12.7. The second-order valence-electron chi connectivity index (χ2n) is 14.7. The molecule has 0 fully saturated rings. The van der Waals surface area contributed by atoms with Crippen molar-refractivity contribution in [3.05, 3.63) is 179 Å². The van der Waals surface area contributed by atoms with Gasteiger partial charge in [0.25, 0.3) is 6.71 Å². The van der Waals surface area contributed by atoms with Gasteiger partial charge < -0.3 is 14.7 Å². The number of anilines is 9. The van der Waals surface area contributed by atoms with Gasteiger partial charge in [0.15, 0.2) is 0 Å². The first-order valence-electron chi connectivity index (χ1n) is 18.3. The minimum absolute atomic E-state index is 0.0672. The fourth-order valence-corrected chi connectivity index (χ4v) is 8.34. The van der Waals surface area contributed by atoms with Crippen LogP contribution in [0.15, 0.2) is 146 Å². The first kappa shape index (κ1) is 31.9. The maximum Gasteiger partial charge on any atom is 0.252 e. The van der Waals surface area contributed by atoms with Gasteiger partial charge in [0, 0.05) is 45.5 Å². The van der Waals surface area contributed by atoms with Gasteiger partial charge in [0.2, 0.25) is 0 Å². The molecule has 4 heteroatoms. The van der Waals surface area contributed by atoms with E-state index in [0.717, 1.165) is 17.1 Å². The zero-order valence-electron chi connectivity index (χ0n) is 30.8. The van der Waals surface area contributed by atoms with E-state index in [9.17, 15) is 0 Å². The standard InChI is InChI=1S/C48H42BN3/c1-31-15-21-37(22-16-31)50-44-25-19-33(3)27-40(44)49-41-28-34(4)20-26-45(41)51(38-23-17-32(2)18-24-38)47-30-39(29-46(50)48(47)49)52(42-13-9-7-11-35(42)5)43-14-10-8-12-36(43)6/h7-30H,1-6H3. The Balaban J connectivity index is 1.44. The number of nitrogens with zero attached hydrogens (tertiary/aromatic N) is 3. The van der Waals surface area contributed by atoms with Crippen molar-refractivity contribution in [3.8, 4) is 0 Å². The first-order valence-corrected chi connectivity index (χ1v) is 18.3. The Hall–Kier alpha value is -6.00. The van der Waals surface area contributed by atoms with Crippen LogP contribution in [0.25, 0.3) is 0 Å². The number of aryl methyl sites for hydroxylation is 6. The highest BCUT2D eigenvalue weighted by Gasteiger charge is 2.44. The molecule has 0 saturated carbocycles. The van der Waals surface area contributed by atoms with E-state index in [-0.39, 0.29) is 6.71 Å². The highest BCUT2D eigenvalue weighted by atomic mass is 15.2. The monoisotopic (exact) mass is 671 g/mol. The molecule has 0 aliphatic carbocycles. The summed E-state index contributed by atoms with van der Waals surface area (Å²) in [6.45, 7) is 13.3. The maximum atomic E-state index is 2.51. The third-order valence-corrected chi connectivity index (χ3v) is 10.9. The summed E-state index contributed by atoms with van der Waals surface area (Å²) in [5.74, 6) is 0. The van der Waals surface area contributed by atoms with E-state index >= 15 is 0 Å². The average molecular weight is 672 g/mol.